The first-order valence-corrected chi connectivity index (χ1v) is 11.6. The van der Waals surface area contributed by atoms with Crippen molar-refractivity contribution in [1.82, 2.24) is 24.8 Å². The summed E-state index contributed by atoms with van der Waals surface area (Å²) in [5.41, 5.74) is 0.253. The first-order valence-electron chi connectivity index (χ1n) is 11.6. The normalized spacial score (nSPS) is 22.0. The van der Waals surface area contributed by atoms with Gasteiger partial charge in [0.1, 0.15) is 0 Å². The third kappa shape index (κ3) is 3.42. The van der Waals surface area contributed by atoms with Crippen LogP contribution in [0.2, 0.25) is 0 Å². The van der Waals surface area contributed by atoms with Crippen molar-refractivity contribution in [3.05, 3.63) is 48.5 Å². The second-order valence-electron chi connectivity index (χ2n) is 9.29. The van der Waals surface area contributed by atoms with Gasteiger partial charge in [-0.2, -0.15) is 0 Å². The first-order chi connectivity index (χ1) is 15.6. The number of carbonyl (C=O) groups is 2. The number of piperidine rings is 2. The van der Waals surface area contributed by atoms with E-state index in [0.29, 0.717) is 24.6 Å². The summed E-state index contributed by atoms with van der Waals surface area (Å²) in [6.45, 7) is 5.78. The molecule has 0 saturated carbocycles. The Balaban J connectivity index is 1.29. The minimum Gasteiger partial charge on any atom is -0.341 e. The van der Waals surface area contributed by atoms with Gasteiger partial charge in [0.05, 0.1) is 5.41 Å². The van der Waals surface area contributed by atoms with Crippen molar-refractivity contribution in [1.29, 1.82) is 0 Å². The SMILES string of the molecule is CCN1C(=O)C2(CCN(c3ncccn3)CC2)CC12CCN(C(=O)c1ccncc1)CC2. The van der Waals surface area contributed by atoms with Gasteiger partial charge in [-0.1, -0.05) is 0 Å². The highest BCUT2D eigenvalue weighted by atomic mass is 16.2. The fourth-order valence-corrected chi connectivity index (χ4v) is 6.01. The number of likely N-dealkylation sites (tertiary alicyclic amines) is 2. The van der Waals surface area contributed by atoms with Crippen molar-refractivity contribution in [2.75, 3.05) is 37.6 Å². The standard InChI is InChI=1S/C24H30N6O2/c1-2-30-21(32)23(6-14-29(15-7-23)22-26-10-3-11-27-22)18-24(30)8-16-28(17-9-24)20(31)19-4-12-25-13-5-19/h3-5,10-13H,2,6-9,14-18H2,1H3. The van der Waals surface area contributed by atoms with Crippen molar-refractivity contribution in [2.24, 2.45) is 5.41 Å². The molecule has 0 bridgehead atoms. The molecule has 0 atom stereocenters. The number of hydrogen-bond acceptors (Lipinski definition) is 6. The van der Waals surface area contributed by atoms with Crippen LogP contribution >= 0.6 is 0 Å². The van der Waals surface area contributed by atoms with Crippen LogP contribution in [-0.2, 0) is 4.79 Å². The molecule has 8 heteroatoms. The maximum Gasteiger partial charge on any atom is 0.253 e. The van der Waals surface area contributed by atoms with Gasteiger partial charge in [0.2, 0.25) is 11.9 Å². The van der Waals surface area contributed by atoms with Crippen LogP contribution in [-0.4, -0.2) is 74.8 Å². The van der Waals surface area contributed by atoms with E-state index in [0.717, 1.165) is 57.7 Å². The van der Waals surface area contributed by atoms with E-state index in [4.69, 9.17) is 0 Å². The summed E-state index contributed by atoms with van der Waals surface area (Å²) in [6.07, 6.45) is 11.1. The summed E-state index contributed by atoms with van der Waals surface area (Å²) in [5, 5.41) is 0. The topological polar surface area (TPSA) is 82.5 Å². The maximum absolute atomic E-state index is 13.7. The van der Waals surface area contributed by atoms with E-state index >= 15 is 0 Å². The van der Waals surface area contributed by atoms with Gasteiger partial charge in [0, 0.05) is 68.6 Å². The van der Waals surface area contributed by atoms with Crippen molar-refractivity contribution < 1.29 is 9.59 Å². The van der Waals surface area contributed by atoms with E-state index in [1.165, 1.54) is 0 Å². The van der Waals surface area contributed by atoms with Crippen molar-refractivity contribution >= 4 is 17.8 Å². The largest absolute Gasteiger partial charge is 0.341 e. The third-order valence-corrected chi connectivity index (χ3v) is 7.72. The Morgan fingerprint density at radius 2 is 1.62 bits per heavy atom. The molecule has 0 radical (unpaired) electrons. The minimum atomic E-state index is -0.293. The summed E-state index contributed by atoms with van der Waals surface area (Å²) in [7, 11) is 0. The number of hydrogen-bond donors (Lipinski definition) is 0. The predicted octanol–water partition coefficient (Wildman–Crippen LogP) is 2.39. The number of amides is 2. The van der Waals surface area contributed by atoms with E-state index in [1.54, 1.807) is 36.9 Å². The average molecular weight is 435 g/mol. The zero-order valence-electron chi connectivity index (χ0n) is 18.6. The van der Waals surface area contributed by atoms with Gasteiger partial charge < -0.3 is 14.7 Å². The molecular formula is C24H30N6O2. The Labute approximate surface area is 188 Å². The van der Waals surface area contributed by atoms with Crippen LogP contribution < -0.4 is 4.90 Å². The Morgan fingerprint density at radius 3 is 2.25 bits per heavy atom. The van der Waals surface area contributed by atoms with Crippen molar-refractivity contribution in [2.45, 2.75) is 44.6 Å². The maximum atomic E-state index is 13.7. The van der Waals surface area contributed by atoms with E-state index in [1.807, 2.05) is 11.0 Å². The van der Waals surface area contributed by atoms with E-state index in [-0.39, 0.29) is 16.9 Å². The lowest BCUT2D eigenvalue weighted by Gasteiger charge is -2.45. The molecule has 5 heterocycles. The molecular weight excluding hydrogens is 404 g/mol. The predicted molar refractivity (Wildman–Crippen MR) is 120 cm³/mol. The second-order valence-corrected chi connectivity index (χ2v) is 9.29. The zero-order chi connectivity index (χ0) is 22.2. The number of nitrogens with zero attached hydrogens (tertiary/aromatic N) is 6. The zero-order valence-corrected chi connectivity index (χ0v) is 18.6. The van der Waals surface area contributed by atoms with Crippen molar-refractivity contribution in [3.63, 3.8) is 0 Å². The molecule has 8 nitrogen and oxygen atoms in total. The molecule has 3 aliphatic heterocycles. The van der Waals surface area contributed by atoms with Gasteiger partial charge in [-0.05, 0) is 57.2 Å². The van der Waals surface area contributed by atoms with Gasteiger partial charge in [-0.25, -0.2) is 9.97 Å². The summed E-state index contributed by atoms with van der Waals surface area (Å²) in [5.74, 6) is 1.11. The van der Waals surface area contributed by atoms with Gasteiger partial charge in [-0.3, -0.25) is 14.6 Å². The lowest BCUT2D eigenvalue weighted by Crippen LogP contribution is -2.54. The Morgan fingerprint density at radius 1 is 0.969 bits per heavy atom. The van der Waals surface area contributed by atoms with Crippen LogP contribution in [0.25, 0.3) is 0 Å². The van der Waals surface area contributed by atoms with Gasteiger partial charge in [0.25, 0.3) is 5.91 Å². The Hall–Kier alpha value is -3.03. The Bertz CT molecular complexity index is 966. The van der Waals surface area contributed by atoms with E-state index in [2.05, 4.69) is 31.7 Å². The van der Waals surface area contributed by atoms with Gasteiger partial charge in [0.15, 0.2) is 0 Å². The third-order valence-electron chi connectivity index (χ3n) is 7.72. The molecule has 32 heavy (non-hydrogen) atoms. The molecule has 2 aromatic rings. The molecule has 2 aromatic heterocycles. The van der Waals surface area contributed by atoms with Gasteiger partial charge in [-0.15, -0.1) is 0 Å². The lowest BCUT2D eigenvalue weighted by atomic mass is 9.71. The fraction of sp³-hybridized carbons (Fsp3) is 0.542. The number of carbonyl (C=O) groups excluding carboxylic acids is 2. The molecule has 3 aliphatic rings. The summed E-state index contributed by atoms with van der Waals surface area (Å²) in [6, 6.07) is 5.36. The van der Waals surface area contributed by atoms with Gasteiger partial charge >= 0.3 is 0 Å². The molecule has 168 valence electrons. The highest BCUT2D eigenvalue weighted by Gasteiger charge is 2.59. The fourth-order valence-electron chi connectivity index (χ4n) is 6.01. The van der Waals surface area contributed by atoms with E-state index in [9.17, 15) is 9.59 Å². The van der Waals surface area contributed by atoms with Crippen LogP contribution in [0.5, 0.6) is 0 Å². The quantitative estimate of drug-likeness (QED) is 0.738. The van der Waals surface area contributed by atoms with Crippen LogP contribution in [0.1, 0.15) is 49.4 Å². The highest BCUT2D eigenvalue weighted by molar-refractivity contribution is 5.94. The molecule has 0 aromatic carbocycles. The first kappa shape index (κ1) is 20.8. The van der Waals surface area contributed by atoms with E-state index < -0.39 is 0 Å². The lowest BCUT2D eigenvalue weighted by molar-refractivity contribution is -0.139. The monoisotopic (exact) mass is 434 g/mol. The molecule has 3 fully saturated rings. The molecule has 0 N–H and O–H groups in total. The second kappa shape index (κ2) is 8.15. The molecule has 2 spiro atoms. The van der Waals surface area contributed by atoms with Crippen LogP contribution in [0.3, 0.4) is 0 Å². The number of aromatic nitrogens is 3. The smallest absolute Gasteiger partial charge is 0.253 e. The number of pyridine rings is 1. The molecule has 2 amide bonds. The summed E-state index contributed by atoms with van der Waals surface area (Å²) < 4.78 is 0. The minimum absolute atomic E-state index is 0.0560. The molecule has 0 aliphatic carbocycles. The highest BCUT2D eigenvalue weighted by Crippen LogP contribution is 2.52. The van der Waals surface area contributed by atoms with Crippen molar-refractivity contribution in [3.8, 4) is 0 Å². The molecule has 0 unspecified atom stereocenters. The van der Waals surface area contributed by atoms with Crippen LogP contribution in [0.4, 0.5) is 5.95 Å². The number of rotatable bonds is 3. The number of anilines is 1. The average Bonchev–Trinajstić information content (AvgIpc) is 3.07. The van der Waals surface area contributed by atoms with Crippen LogP contribution in [0, 0.1) is 5.41 Å². The Kier molecular flexibility index (Phi) is 5.31. The van der Waals surface area contributed by atoms with Crippen LogP contribution in [0.15, 0.2) is 43.0 Å². The summed E-state index contributed by atoms with van der Waals surface area (Å²) in [4.78, 5) is 45.6. The summed E-state index contributed by atoms with van der Waals surface area (Å²) >= 11 is 0. The molecule has 5 rings (SSSR count). The molecule has 3 saturated heterocycles.